The zero-order valence-corrected chi connectivity index (χ0v) is 14.1. The number of nitrogens with one attached hydrogen (secondary N) is 2. The Labute approximate surface area is 145 Å². The number of anilines is 1. The Balaban J connectivity index is 1.79. The van der Waals surface area contributed by atoms with Crippen LogP contribution < -0.4 is 5.32 Å². The van der Waals surface area contributed by atoms with Crippen LogP contribution in [-0.4, -0.2) is 29.1 Å². The van der Waals surface area contributed by atoms with Gasteiger partial charge in [0, 0.05) is 17.9 Å². The van der Waals surface area contributed by atoms with Gasteiger partial charge in [0.2, 0.25) is 5.91 Å². The van der Waals surface area contributed by atoms with Crippen LogP contribution in [0.5, 0.6) is 0 Å². The fraction of sp³-hybridized carbons (Fsp3) is 0.222. The summed E-state index contributed by atoms with van der Waals surface area (Å²) < 4.78 is 5.19. The Morgan fingerprint density at radius 2 is 2.12 bits per heavy atom. The first-order valence-corrected chi connectivity index (χ1v) is 8.17. The molecule has 2 N–H and O–H groups in total. The highest BCUT2D eigenvalue weighted by Gasteiger charge is 2.09. The van der Waals surface area contributed by atoms with Crippen molar-refractivity contribution in [2.24, 2.45) is 0 Å². The lowest BCUT2D eigenvalue weighted by Crippen LogP contribution is -2.14. The molecule has 0 unspecified atom stereocenters. The molecule has 1 amide bonds. The number of fused-ring (bicyclic) bond motifs is 1. The van der Waals surface area contributed by atoms with Crippen LogP contribution in [0, 0.1) is 0 Å². The number of benzene rings is 2. The Hall–Kier alpha value is -2.37. The molecular formula is C18H18ClN3O2. The zero-order chi connectivity index (χ0) is 16.9. The van der Waals surface area contributed by atoms with E-state index in [0.717, 1.165) is 22.3 Å². The highest BCUT2D eigenvalue weighted by atomic mass is 35.5. The molecule has 1 aromatic heterocycles. The number of hydrogen-bond acceptors (Lipinski definition) is 3. The van der Waals surface area contributed by atoms with Gasteiger partial charge in [0.05, 0.1) is 29.1 Å². The van der Waals surface area contributed by atoms with Gasteiger partial charge in [-0.1, -0.05) is 23.7 Å². The molecule has 0 aliphatic heterocycles. The summed E-state index contributed by atoms with van der Waals surface area (Å²) in [5.74, 6) is 0.629. The number of aromatic nitrogens is 2. The van der Waals surface area contributed by atoms with Gasteiger partial charge in [-0.25, -0.2) is 4.98 Å². The third-order valence-electron chi connectivity index (χ3n) is 3.57. The number of imidazole rings is 1. The summed E-state index contributed by atoms with van der Waals surface area (Å²) in [5.41, 5.74) is 3.22. The van der Waals surface area contributed by atoms with Gasteiger partial charge < -0.3 is 15.0 Å². The first-order valence-electron chi connectivity index (χ1n) is 7.79. The Morgan fingerprint density at radius 1 is 1.29 bits per heavy atom. The average molecular weight is 344 g/mol. The van der Waals surface area contributed by atoms with E-state index >= 15 is 0 Å². The quantitative estimate of drug-likeness (QED) is 0.657. The van der Waals surface area contributed by atoms with Crippen LogP contribution in [0.1, 0.15) is 13.3 Å². The van der Waals surface area contributed by atoms with Crippen molar-refractivity contribution in [1.82, 2.24) is 9.97 Å². The Kier molecular flexibility index (Phi) is 5.13. The monoisotopic (exact) mass is 343 g/mol. The summed E-state index contributed by atoms with van der Waals surface area (Å²) >= 11 is 6.22. The minimum absolute atomic E-state index is 0.0753. The maximum absolute atomic E-state index is 11.9. The van der Waals surface area contributed by atoms with Crippen molar-refractivity contribution in [3.8, 4) is 11.4 Å². The van der Waals surface area contributed by atoms with Crippen LogP contribution in [0.25, 0.3) is 22.4 Å². The molecule has 6 heteroatoms. The van der Waals surface area contributed by atoms with Crippen molar-refractivity contribution >= 4 is 34.2 Å². The third-order valence-corrected chi connectivity index (χ3v) is 3.90. The van der Waals surface area contributed by atoms with E-state index in [1.54, 1.807) is 0 Å². The molecule has 0 fully saturated rings. The van der Waals surface area contributed by atoms with E-state index in [0.29, 0.717) is 30.5 Å². The summed E-state index contributed by atoms with van der Waals surface area (Å²) in [5, 5.41) is 3.50. The summed E-state index contributed by atoms with van der Waals surface area (Å²) in [7, 11) is 0. The second-order valence-corrected chi connectivity index (χ2v) is 5.70. The maximum Gasteiger partial charge on any atom is 0.226 e. The van der Waals surface area contributed by atoms with Gasteiger partial charge in [-0.3, -0.25) is 4.79 Å². The smallest absolute Gasteiger partial charge is 0.226 e. The number of carbonyl (C=O) groups excluding carboxylic acids is 1. The van der Waals surface area contributed by atoms with Gasteiger partial charge in [-0.2, -0.15) is 0 Å². The Bertz CT molecular complexity index is 860. The fourth-order valence-corrected chi connectivity index (χ4v) is 2.63. The van der Waals surface area contributed by atoms with Crippen LogP contribution in [0.3, 0.4) is 0 Å². The minimum Gasteiger partial charge on any atom is -0.381 e. The minimum atomic E-state index is -0.0753. The van der Waals surface area contributed by atoms with E-state index in [4.69, 9.17) is 16.3 Å². The molecule has 3 aromatic rings. The SMILES string of the molecule is CCOCCC(=O)Nc1ccc2nc(-c3ccccc3Cl)[nH]c2c1. The molecule has 3 rings (SSSR count). The predicted molar refractivity (Wildman–Crippen MR) is 96.3 cm³/mol. The molecule has 0 bridgehead atoms. The number of ether oxygens (including phenoxy) is 1. The van der Waals surface area contributed by atoms with Crippen molar-refractivity contribution in [3.63, 3.8) is 0 Å². The van der Waals surface area contributed by atoms with E-state index in [9.17, 15) is 4.79 Å². The Morgan fingerprint density at radius 3 is 2.92 bits per heavy atom. The molecule has 24 heavy (non-hydrogen) atoms. The van der Waals surface area contributed by atoms with Crippen LogP contribution >= 0.6 is 11.6 Å². The average Bonchev–Trinajstić information content (AvgIpc) is 2.98. The normalized spacial score (nSPS) is 10.9. The first kappa shape index (κ1) is 16.5. The van der Waals surface area contributed by atoms with E-state index in [-0.39, 0.29) is 5.91 Å². The molecule has 1 heterocycles. The lowest BCUT2D eigenvalue weighted by Gasteiger charge is -2.05. The molecule has 124 valence electrons. The van der Waals surface area contributed by atoms with Gasteiger partial charge in [0.25, 0.3) is 0 Å². The number of halogens is 1. The second-order valence-electron chi connectivity index (χ2n) is 5.29. The van der Waals surface area contributed by atoms with Crippen LogP contribution in [0.4, 0.5) is 5.69 Å². The van der Waals surface area contributed by atoms with Crippen molar-refractivity contribution in [3.05, 3.63) is 47.5 Å². The largest absolute Gasteiger partial charge is 0.381 e. The molecule has 0 aliphatic carbocycles. The number of amides is 1. The highest BCUT2D eigenvalue weighted by Crippen LogP contribution is 2.28. The van der Waals surface area contributed by atoms with Crippen molar-refractivity contribution in [1.29, 1.82) is 0 Å². The lowest BCUT2D eigenvalue weighted by atomic mass is 10.2. The second kappa shape index (κ2) is 7.47. The van der Waals surface area contributed by atoms with E-state index in [2.05, 4.69) is 15.3 Å². The zero-order valence-electron chi connectivity index (χ0n) is 13.3. The molecule has 0 spiro atoms. The number of H-pyrrole nitrogens is 1. The number of nitrogens with zero attached hydrogens (tertiary/aromatic N) is 1. The number of rotatable bonds is 6. The number of aromatic amines is 1. The summed E-state index contributed by atoms with van der Waals surface area (Å²) in [6.45, 7) is 2.93. The van der Waals surface area contributed by atoms with Crippen LogP contribution in [0.2, 0.25) is 5.02 Å². The molecule has 5 nitrogen and oxygen atoms in total. The third kappa shape index (κ3) is 3.75. The predicted octanol–water partition coefficient (Wildman–Crippen LogP) is 4.25. The lowest BCUT2D eigenvalue weighted by molar-refractivity contribution is -0.117. The van der Waals surface area contributed by atoms with Crippen LogP contribution in [0.15, 0.2) is 42.5 Å². The van der Waals surface area contributed by atoms with Crippen molar-refractivity contribution < 1.29 is 9.53 Å². The van der Waals surface area contributed by atoms with E-state index < -0.39 is 0 Å². The summed E-state index contributed by atoms with van der Waals surface area (Å²) in [6, 6.07) is 13.1. The van der Waals surface area contributed by atoms with Crippen LogP contribution in [-0.2, 0) is 9.53 Å². The van der Waals surface area contributed by atoms with Gasteiger partial charge in [-0.05, 0) is 37.3 Å². The molecule has 0 atom stereocenters. The summed E-state index contributed by atoms with van der Waals surface area (Å²) in [4.78, 5) is 19.7. The molecule has 0 aliphatic rings. The molecule has 0 radical (unpaired) electrons. The van der Waals surface area contributed by atoms with Crippen molar-refractivity contribution in [2.45, 2.75) is 13.3 Å². The van der Waals surface area contributed by atoms with Gasteiger partial charge in [-0.15, -0.1) is 0 Å². The van der Waals surface area contributed by atoms with Crippen molar-refractivity contribution in [2.75, 3.05) is 18.5 Å². The van der Waals surface area contributed by atoms with E-state index in [1.807, 2.05) is 49.4 Å². The topological polar surface area (TPSA) is 67.0 Å². The van der Waals surface area contributed by atoms with E-state index in [1.165, 1.54) is 0 Å². The van der Waals surface area contributed by atoms with Gasteiger partial charge in [0.15, 0.2) is 0 Å². The molecular weight excluding hydrogens is 326 g/mol. The standard InChI is InChI=1S/C18H18ClN3O2/c1-2-24-10-9-17(23)20-12-7-8-15-16(11-12)22-18(21-15)13-5-3-4-6-14(13)19/h3-8,11H,2,9-10H2,1H3,(H,20,23)(H,21,22). The van der Waals surface area contributed by atoms with Gasteiger partial charge >= 0.3 is 0 Å². The van der Waals surface area contributed by atoms with Gasteiger partial charge in [0.1, 0.15) is 5.82 Å². The number of carbonyl (C=O) groups is 1. The maximum atomic E-state index is 11.9. The number of hydrogen-bond donors (Lipinski definition) is 2. The molecule has 0 saturated heterocycles. The molecule has 2 aromatic carbocycles. The fourth-order valence-electron chi connectivity index (χ4n) is 2.40. The summed E-state index contributed by atoms with van der Waals surface area (Å²) in [6.07, 6.45) is 0.333. The molecule has 0 saturated carbocycles. The highest BCUT2D eigenvalue weighted by molar-refractivity contribution is 6.33. The first-order chi connectivity index (χ1) is 11.7.